The molecule has 0 aliphatic carbocycles. The first-order valence-corrected chi connectivity index (χ1v) is 27.9. The van der Waals surface area contributed by atoms with Crippen LogP contribution >= 0.6 is 0 Å². The second-order valence-corrected chi connectivity index (χ2v) is 25.7. The molecule has 388 valence electrons. The number of nitrogens with zero attached hydrogens (tertiary/aromatic N) is 5. The van der Waals surface area contributed by atoms with Gasteiger partial charge in [0.1, 0.15) is 5.82 Å². The molecule has 0 spiro atoms. The van der Waals surface area contributed by atoms with Gasteiger partial charge in [-0.1, -0.05) is 180 Å². The highest BCUT2D eigenvalue weighted by molar-refractivity contribution is 7.00. The van der Waals surface area contributed by atoms with Crippen molar-refractivity contribution in [1.82, 2.24) is 4.40 Å². The van der Waals surface area contributed by atoms with Gasteiger partial charge in [0.05, 0.1) is 0 Å². The Morgan fingerprint density at radius 1 is 0.321 bits per heavy atom. The number of aromatic nitrogens is 1. The average Bonchev–Trinajstić information content (AvgIpc) is 3.88. The fourth-order valence-electron chi connectivity index (χ4n) is 11.8. The lowest BCUT2D eigenvalue weighted by Gasteiger charge is -2.43. The molecule has 2 aromatic heterocycles. The highest BCUT2D eigenvalue weighted by Crippen LogP contribution is 2.47. The van der Waals surface area contributed by atoms with Crippen molar-refractivity contribution >= 4 is 97.0 Å². The van der Waals surface area contributed by atoms with E-state index in [-0.39, 0.29) is 28.4 Å². The maximum atomic E-state index is 2.51. The van der Waals surface area contributed by atoms with Crippen molar-refractivity contribution in [3.8, 4) is 0 Å². The van der Waals surface area contributed by atoms with Crippen LogP contribution in [0, 0.1) is 0 Å². The van der Waals surface area contributed by atoms with Crippen LogP contribution in [0.2, 0.25) is 0 Å². The summed E-state index contributed by atoms with van der Waals surface area (Å²) in [5, 5.41) is 0. The number of hydrogen-bond donors (Lipinski definition) is 0. The summed E-state index contributed by atoms with van der Waals surface area (Å²) in [4.78, 5) is 9.86. The number of rotatable bonds is 8. The van der Waals surface area contributed by atoms with Crippen LogP contribution in [0.3, 0.4) is 0 Å². The molecule has 78 heavy (non-hydrogen) atoms. The van der Waals surface area contributed by atoms with Crippen LogP contribution in [-0.4, -0.2) is 11.1 Å². The molecule has 4 heterocycles. The predicted molar refractivity (Wildman–Crippen MR) is 336 cm³/mol. The Morgan fingerprint density at radius 3 is 1.13 bits per heavy atom. The summed E-state index contributed by atoms with van der Waals surface area (Å²) in [6.07, 6.45) is 2.30. The summed E-state index contributed by atoms with van der Waals surface area (Å²) in [5.74, 6) is 1.15. The molecule has 10 aromatic rings. The van der Waals surface area contributed by atoms with E-state index in [1.807, 2.05) is 0 Å². The van der Waals surface area contributed by atoms with E-state index < -0.39 is 0 Å². The Balaban J connectivity index is 1.08. The first-order valence-electron chi connectivity index (χ1n) is 27.9. The van der Waals surface area contributed by atoms with E-state index in [1.54, 1.807) is 0 Å². The zero-order chi connectivity index (χ0) is 54.5. The molecule has 0 N–H and O–H groups in total. The fraction of sp³-hybridized carbons (Fsp3) is 0.222. The quantitative estimate of drug-likeness (QED) is 0.141. The standard InChI is InChI=1S/C72H72BN5/c1-69(2,3)49-26-34-55(35-27-49)75(56-36-28-50(29-37-56)70(4,5)6)59-42-43-62-66(48-59)77(53-20-15-13-16-21-53)64-24-19-25-65-67(64)73(62)63-47-61-46-60(44-45-74(61)68(63)78(65)54-22-17-14-18-23-54)76(57-38-30-51(31-39-57)71(7,8)9)58-40-32-52(33-41-58)72(10,11)12/h13-48H,1-12H3. The minimum atomic E-state index is -0.0740. The summed E-state index contributed by atoms with van der Waals surface area (Å²) < 4.78 is 2.42. The van der Waals surface area contributed by atoms with E-state index in [1.165, 1.54) is 50.0 Å². The molecule has 0 amide bonds. The topological polar surface area (TPSA) is 17.4 Å². The van der Waals surface area contributed by atoms with Crippen LogP contribution < -0.4 is 36.0 Å². The van der Waals surface area contributed by atoms with Gasteiger partial charge in [0, 0.05) is 74.3 Å². The summed E-state index contributed by atoms with van der Waals surface area (Å²) in [6, 6.07) is 79.8. The Bertz CT molecular complexity index is 3700. The van der Waals surface area contributed by atoms with Gasteiger partial charge in [0.2, 0.25) is 0 Å². The average molecular weight is 1020 g/mol. The molecule has 2 aliphatic rings. The lowest BCUT2D eigenvalue weighted by atomic mass is 9.34. The third-order valence-corrected chi connectivity index (χ3v) is 16.2. The maximum absolute atomic E-state index is 2.51. The first kappa shape index (κ1) is 50.6. The predicted octanol–water partition coefficient (Wildman–Crippen LogP) is 18.2. The Morgan fingerprint density at radius 2 is 0.705 bits per heavy atom. The lowest BCUT2D eigenvalue weighted by Crippen LogP contribution is -2.61. The molecule has 0 saturated carbocycles. The first-order chi connectivity index (χ1) is 37.2. The minimum absolute atomic E-state index is 0.0302. The molecule has 0 saturated heterocycles. The van der Waals surface area contributed by atoms with Crippen LogP contribution in [0.25, 0.3) is 5.52 Å². The molecular weight excluding hydrogens is 946 g/mol. The van der Waals surface area contributed by atoms with E-state index in [0.717, 1.165) is 62.5 Å². The van der Waals surface area contributed by atoms with E-state index >= 15 is 0 Å². The molecule has 12 rings (SSSR count). The smallest absolute Gasteiger partial charge is 0.254 e. The zero-order valence-electron chi connectivity index (χ0n) is 47.6. The molecular formula is C72H72BN5. The summed E-state index contributed by atoms with van der Waals surface area (Å²) in [7, 11) is 0. The second kappa shape index (κ2) is 18.8. The van der Waals surface area contributed by atoms with E-state index in [0.29, 0.717) is 0 Å². The van der Waals surface area contributed by atoms with Crippen LogP contribution in [0.4, 0.5) is 68.4 Å². The minimum Gasteiger partial charge on any atom is -0.311 e. The van der Waals surface area contributed by atoms with Gasteiger partial charge in [0.25, 0.3) is 6.71 Å². The number of hydrogen-bond acceptors (Lipinski definition) is 4. The van der Waals surface area contributed by atoms with Crippen LogP contribution in [-0.2, 0) is 21.7 Å². The molecule has 2 aliphatic heterocycles. The molecule has 0 fully saturated rings. The number of pyridine rings is 1. The van der Waals surface area contributed by atoms with Gasteiger partial charge in [-0.2, -0.15) is 0 Å². The number of benzene rings is 8. The van der Waals surface area contributed by atoms with E-state index in [4.69, 9.17) is 0 Å². The SMILES string of the molecule is CC(C)(C)c1ccc(N(c2ccc(C(C)(C)C)cc2)c2ccc3c(c2)N(c2ccccc2)c2cccc4c2B3c2cc3cc(N(c5ccc(C(C)(C)C)cc5)c5ccc(C(C)(C)C)cc5)ccn3c2N4c2ccccc2)cc1. The Kier molecular flexibility index (Phi) is 12.2. The molecule has 8 aromatic carbocycles. The summed E-state index contributed by atoms with van der Waals surface area (Å²) in [6.45, 7) is 27.3. The van der Waals surface area contributed by atoms with Crippen LogP contribution in [0.1, 0.15) is 105 Å². The maximum Gasteiger partial charge on any atom is 0.254 e. The molecule has 6 heteroatoms. The highest BCUT2D eigenvalue weighted by atomic mass is 15.3. The van der Waals surface area contributed by atoms with Crippen molar-refractivity contribution in [1.29, 1.82) is 0 Å². The van der Waals surface area contributed by atoms with Gasteiger partial charge in [-0.15, -0.1) is 0 Å². The summed E-state index contributed by atoms with van der Waals surface area (Å²) >= 11 is 0. The van der Waals surface area contributed by atoms with Crippen molar-refractivity contribution in [2.45, 2.75) is 105 Å². The molecule has 5 nitrogen and oxygen atoms in total. The van der Waals surface area contributed by atoms with Crippen molar-refractivity contribution in [2.24, 2.45) is 0 Å². The van der Waals surface area contributed by atoms with Crippen molar-refractivity contribution in [3.05, 3.63) is 241 Å². The molecule has 0 bridgehead atoms. The van der Waals surface area contributed by atoms with Crippen molar-refractivity contribution in [2.75, 3.05) is 19.6 Å². The van der Waals surface area contributed by atoms with Crippen LogP contribution in [0.15, 0.2) is 219 Å². The van der Waals surface area contributed by atoms with Crippen LogP contribution in [0.5, 0.6) is 0 Å². The van der Waals surface area contributed by atoms with Gasteiger partial charge in [-0.25, -0.2) is 0 Å². The Hall–Kier alpha value is -8.22. The van der Waals surface area contributed by atoms with Crippen molar-refractivity contribution in [3.63, 3.8) is 0 Å². The largest absolute Gasteiger partial charge is 0.311 e. The normalized spacial score (nSPS) is 13.3. The third kappa shape index (κ3) is 8.95. The van der Waals surface area contributed by atoms with E-state index in [9.17, 15) is 0 Å². The summed E-state index contributed by atoms with van der Waals surface area (Å²) in [5.41, 5.74) is 22.8. The van der Waals surface area contributed by atoms with Crippen molar-refractivity contribution < 1.29 is 0 Å². The lowest BCUT2D eigenvalue weighted by molar-refractivity contribution is 0.590. The number of para-hydroxylation sites is 2. The number of anilines is 12. The monoisotopic (exact) mass is 1020 g/mol. The number of fused-ring (bicyclic) bond motifs is 6. The van der Waals surface area contributed by atoms with E-state index in [2.05, 4.69) is 326 Å². The highest BCUT2D eigenvalue weighted by Gasteiger charge is 2.45. The second-order valence-electron chi connectivity index (χ2n) is 25.7. The third-order valence-electron chi connectivity index (χ3n) is 16.2. The molecule has 0 unspecified atom stereocenters. The fourth-order valence-corrected chi connectivity index (χ4v) is 11.8. The Labute approximate surface area is 464 Å². The van der Waals surface area contributed by atoms with Gasteiger partial charge >= 0.3 is 0 Å². The van der Waals surface area contributed by atoms with Gasteiger partial charge < -0.3 is 19.1 Å². The van der Waals surface area contributed by atoms with Gasteiger partial charge in [0.15, 0.2) is 0 Å². The van der Waals surface area contributed by atoms with Gasteiger partial charge in [-0.3, -0.25) is 4.90 Å². The zero-order valence-corrected chi connectivity index (χ0v) is 47.6. The molecule has 0 atom stereocenters. The van der Waals surface area contributed by atoms with Gasteiger partial charge in [-0.05, 0) is 176 Å². The molecule has 0 radical (unpaired) electrons.